The van der Waals surface area contributed by atoms with Gasteiger partial charge in [-0.15, -0.1) is 0 Å². The highest BCUT2D eigenvalue weighted by atomic mass is 19.1. The van der Waals surface area contributed by atoms with Gasteiger partial charge in [0.15, 0.2) is 0 Å². The number of ether oxygens (including phenoxy) is 1. The quantitative estimate of drug-likeness (QED) is 0.381. The second-order valence-corrected chi connectivity index (χ2v) is 7.75. The molecule has 0 bridgehead atoms. The lowest BCUT2D eigenvalue weighted by Gasteiger charge is -2.28. The molecule has 3 rings (SSSR count). The van der Waals surface area contributed by atoms with Crippen molar-refractivity contribution < 1.29 is 18.3 Å². The van der Waals surface area contributed by atoms with Crippen molar-refractivity contribution in [3.63, 3.8) is 0 Å². The summed E-state index contributed by atoms with van der Waals surface area (Å²) in [4.78, 5) is 12.4. The summed E-state index contributed by atoms with van der Waals surface area (Å²) in [7, 11) is 0. The Morgan fingerprint density at radius 2 is 1.64 bits per heavy atom. The van der Waals surface area contributed by atoms with Gasteiger partial charge in [0.05, 0.1) is 5.56 Å². The molecule has 1 fully saturated rings. The number of carbonyl (C=O) groups excluding carboxylic acids is 1. The van der Waals surface area contributed by atoms with E-state index in [1.54, 1.807) is 18.2 Å². The third-order valence-corrected chi connectivity index (χ3v) is 5.65. The van der Waals surface area contributed by atoms with Crippen LogP contribution in [0.25, 0.3) is 11.1 Å². The Balaban J connectivity index is 1.55. The van der Waals surface area contributed by atoms with Gasteiger partial charge in [0.25, 0.3) is 0 Å². The summed E-state index contributed by atoms with van der Waals surface area (Å²) >= 11 is 0. The van der Waals surface area contributed by atoms with Crippen molar-refractivity contribution in [3.05, 3.63) is 59.7 Å². The molecule has 0 aliphatic heterocycles. The Hall–Kier alpha value is -2.23. The van der Waals surface area contributed by atoms with Crippen LogP contribution >= 0.6 is 0 Å². The Kier molecular flexibility index (Phi) is 7.18. The monoisotopic (exact) mass is 386 g/mol. The molecule has 1 aliphatic carbocycles. The van der Waals surface area contributed by atoms with Crippen LogP contribution in [-0.2, 0) is 4.74 Å². The second kappa shape index (κ2) is 9.81. The fourth-order valence-corrected chi connectivity index (χ4v) is 3.94. The second-order valence-electron chi connectivity index (χ2n) is 7.75. The zero-order valence-corrected chi connectivity index (χ0v) is 16.4. The molecule has 0 atom stereocenters. The summed E-state index contributed by atoms with van der Waals surface area (Å²) in [5, 5.41) is 0. The van der Waals surface area contributed by atoms with Crippen LogP contribution in [0.2, 0.25) is 0 Å². The molecule has 0 spiro atoms. The summed E-state index contributed by atoms with van der Waals surface area (Å²) in [6, 6.07) is 10.2. The number of rotatable bonds is 7. The van der Waals surface area contributed by atoms with Crippen molar-refractivity contribution in [2.75, 3.05) is 0 Å². The van der Waals surface area contributed by atoms with Gasteiger partial charge in [-0.3, -0.25) is 0 Å². The van der Waals surface area contributed by atoms with Crippen molar-refractivity contribution >= 4 is 5.97 Å². The maximum atomic E-state index is 14.5. The molecular weight excluding hydrogens is 358 g/mol. The molecule has 2 nitrogen and oxygen atoms in total. The van der Waals surface area contributed by atoms with Crippen molar-refractivity contribution in [3.8, 4) is 11.1 Å². The fourth-order valence-electron chi connectivity index (χ4n) is 3.94. The highest BCUT2D eigenvalue weighted by Crippen LogP contribution is 2.31. The van der Waals surface area contributed by atoms with Crippen LogP contribution in [-0.4, -0.2) is 12.1 Å². The average Bonchev–Trinajstić information content (AvgIpc) is 2.70. The van der Waals surface area contributed by atoms with Crippen LogP contribution in [0.15, 0.2) is 42.5 Å². The van der Waals surface area contributed by atoms with Gasteiger partial charge in [-0.1, -0.05) is 50.8 Å². The average molecular weight is 386 g/mol. The van der Waals surface area contributed by atoms with Crippen molar-refractivity contribution in [1.29, 1.82) is 0 Å². The Bertz CT molecular complexity index is 778. The minimum atomic E-state index is -0.611. The summed E-state index contributed by atoms with van der Waals surface area (Å²) in [5.41, 5.74) is 1.25. The Labute approximate surface area is 165 Å². The van der Waals surface area contributed by atoms with E-state index in [1.807, 2.05) is 0 Å². The van der Waals surface area contributed by atoms with Crippen LogP contribution in [0, 0.1) is 17.6 Å². The normalized spacial score (nSPS) is 19.4. The SMILES string of the molecule is CCCCC[C@H]1CC[C@H](OC(=O)c2ccc(-c3ccc(F)cc3)cc2F)CC1. The van der Waals surface area contributed by atoms with E-state index in [0.29, 0.717) is 11.1 Å². The molecule has 0 saturated heterocycles. The third-order valence-electron chi connectivity index (χ3n) is 5.65. The molecule has 2 aromatic rings. The molecular formula is C24H28F2O2. The highest BCUT2D eigenvalue weighted by molar-refractivity contribution is 5.90. The number of esters is 1. The van der Waals surface area contributed by atoms with Gasteiger partial charge >= 0.3 is 5.97 Å². The van der Waals surface area contributed by atoms with Crippen LogP contribution in [0.4, 0.5) is 8.78 Å². The summed E-state index contributed by atoms with van der Waals surface area (Å²) in [5.74, 6) is -0.824. The lowest BCUT2D eigenvalue weighted by molar-refractivity contribution is 0.0156. The van der Waals surface area contributed by atoms with Gasteiger partial charge < -0.3 is 4.74 Å². The van der Waals surface area contributed by atoms with E-state index in [-0.39, 0.29) is 17.5 Å². The first kappa shape index (κ1) is 20.5. The molecule has 1 saturated carbocycles. The minimum absolute atomic E-state index is 0.0454. The van der Waals surface area contributed by atoms with E-state index >= 15 is 0 Å². The van der Waals surface area contributed by atoms with Gasteiger partial charge in [0, 0.05) is 0 Å². The summed E-state index contributed by atoms with van der Waals surface area (Å²) in [6.45, 7) is 2.21. The molecule has 150 valence electrons. The maximum Gasteiger partial charge on any atom is 0.341 e. The van der Waals surface area contributed by atoms with E-state index in [4.69, 9.17) is 4.74 Å². The molecule has 28 heavy (non-hydrogen) atoms. The fraction of sp³-hybridized carbons (Fsp3) is 0.458. The molecule has 0 radical (unpaired) electrons. The van der Waals surface area contributed by atoms with E-state index in [1.165, 1.54) is 49.9 Å². The number of halogens is 2. The lowest BCUT2D eigenvalue weighted by Crippen LogP contribution is -2.25. The lowest BCUT2D eigenvalue weighted by atomic mass is 9.84. The molecule has 0 heterocycles. The molecule has 0 unspecified atom stereocenters. The smallest absolute Gasteiger partial charge is 0.341 e. The molecule has 1 aliphatic rings. The van der Waals surface area contributed by atoms with Crippen LogP contribution in [0.1, 0.15) is 68.6 Å². The van der Waals surface area contributed by atoms with E-state index in [0.717, 1.165) is 31.6 Å². The number of unbranched alkanes of at least 4 members (excludes halogenated alkanes) is 2. The first-order valence-electron chi connectivity index (χ1n) is 10.3. The minimum Gasteiger partial charge on any atom is -0.459 e. The Morgan fingerprint density at radius 1 is 0.964 bits per heavy atom. The first-order chi connectivity index (χ1) is 13.6. The number of benzene rings is 2. The molecule has 0 N–H and O–H groups in total. The van der Waals surface area contributed by atoms with Gasteiger partial charge in [0.2, 0.25) is 0 Å². The molecule has 2 aromatic carbocycles. The van der Waals surface area contributed by atoms with E-state index in [2.05, 4.69) is 6.92 Å². The van der Waals surface area contributed by atoms with Gasteiger partial charge in [0.1, 0.15) is 17.7 Å². The van der Waals surface area contributed by atoms with Crippen LogP contribution in [0.3, 0.4) is 0 Å². The van der Waals surface area contributed by atoms with Crippen molar-refractivity contribution in [2.24, 2.45) is 5.92 Å². The standard InChI is InChI=1S/C24H28F2O2/c1-2-3-4-5-17-6-13-21(14-7-17)28-24(27)22-15-10-19(16-23(22)26)18-8-11-20(25)12-9-18/h8-12,15-17,21H,2-7,13-14H2,1H3/t17-,21-. The highest BCUT2D eigenvalue weighted by Gasteiger charge is 2.25. The van der Waals surface area contributed by atoms with Crippen LogP contribution < -0.4 is 0 Å². The zero-order valence-electron chi connectivity index (χ0n) is 16.4. The summed E-state index contributed by atoms with van der Waals surface area (Å²) < 4.78 is 33.1. The van der Waals surface area contributed by atoms with E-state index in [9.17, 15) is 13.6 Å². The predicted octanol–water partition coefficient (Wildman–Crippen LogP) is 6.93. The number of carbonyl (C=O) groups is 1. The number of hydrogen-bond donors (Lipinski definition) is 0. The maximum absolute atomic E-state index is 14.5. The zero-order chi connectivity index (χ0) is 19.9. The Morgan fingerprint density at radius 3 is 2.29 bits per heavy atom. The number of hydrogen-bond acceptors (Lipinski definition) is 2. The predicted molar refractivity (Wildman–Crippen MR) is 107 cm³/mol. The van der Waals surface area contributed by atoms with Crippen molar-refractivity contribution in [2.45, 2.75) is 64.4 Å². The molecule has 0 amide bonds. The molecule has 4 heteroatoms. The van der Waals surface area contributed by atoms with Gasteiger partial charge in [-0.25, -0.2) is 13.6 Å². The third kappa shape index (κ3) is 5.40. The van der Waals surface area contributed by atoms with Gasteiger partial charge in [-0.05, 0) is 67.0 Å². The van der Waals surface area contributed by atoms with Crippen molar-refractivity contribution in [1.82, 2.24) is 0 Å². The van der Waals surface area contributed by atoms with Gasteiger partial charge in [-0.2, -0.15) is 0 Å². The van der Waals surface area contributed by atoms with Crippen LogP contribution in [0.5, 0.6) is 0 Å². The largest absolute Gasteiger partial charge is 0.459 e. The topological polar surface area (TPSA) is 26.3 Å². The van der Waals surface area contributed by atoms with E-state index < -0.39 is 11.8 Å². The molecule has 0 aromatic heterocycles. The summed E-state index contributed by atoms with van der Waals surface area (Å²) in [6.07, 6.45) is 8.80. The first-order valence-corrected chi connectivity index (χ1v) is 10.3.